The van der Waals surface area contributed by atoms with Gasteiger partial charge in [-0.1, -0.05) is 11.6 Å². The van der Waals surface area contributed by atoms with Crippen molar-refractivity contribution in [3.63, 3.8) is 0 Å². The number of anilines is 2. The van der Waals surface area contributed by atoms with E-state index in [1.54, 1.807) is 55.6 Å². The first-order valence-corrected chi connectivity index (χ1v) is 8.60. The van der Waals surface area contributed by atoms with Crippen molar-refractivity contribution in [2.45, 2.75) is 0 Å². The summed E-state index contributed by atoms with van der Waals surface area (Å²) in [6.07, 6.45) is 1.45. The number of halogens is 1. The fourth-order valence-corrected chi connectivity index (χ4v) is 2.59. The average Bonchev–Trinajstić information content (AvgIpc) is 2.71. The lowest BCUT2D eigenvalue weighted by Crippen LogP contribution is -2.13. The van der Waals surface area contributed by atoms with Crippen LogP contribution in [0.1, 0.15) is 10.4 Å². The SMILES string of the molecule is COc1ccc(Oc2cc(Nc3ccc(OC)cc3C(N)=O)c(Cl)cn2)cc1. The van der Waals surface area contributed by atoms with Crippen molar-refractivity contribution in [3.8, 4) is 23.1 Å². The number of carbonyl (C=O) groups is 1. The molecule has 0 atom stereocenters. The van der Waals surface area contributed by atoms with Crippen molar-refractivity contribution >= 4 is 28.9 Å². The van der Waals surface area contributed by atoms with Gasteiger partial charge in [0.25, 0.3) is 5.91 Å². The van der Waals surface area contributed by atoms with E-state index in [1.807, 2.05) is 0 Å². The Labute approximate surface area is 167 Å². The predicted molar refractivity (Wildman–Crippen MR) is 107 cm³/mol. The number of ether oxygens (including phenoxy) is 3. The molecule has 7 nitrogen and oxygen atoms in total. The van der Waals surface area contributed by atoms with Gasteiger partial charge >= 0.3 is 0 Å². The van der Waals surface area contributed by atoms with Crippen molar-refractivity contribution in [1.82, 2.24) is 4.98 Å². The van der Waals surface area contributed by atoms with Gasteiger partial charge in [-0.25, -0.2) is 4.98 Å². The second kappa shape index (κ2) is 8.49. The lowest BCUT2D eigenvalue weighted by molar-refractivity contribution is 0.100. The lowest BCUT2D eigenvalue weighted by atomic mass is 10.1. The minimum Gasteiger partial charge on any atom is -0.497 e. The van der Waals surface area contributed by atoms with Gasteiger partial charge in [0.15, 0.2) is 0 Å². The molecule has 0 saturated heterocycles. The van der Waals surface area contributed by atoms with E-state index in [9.17, 15) is 4.79 Å². The topological polar surface area (TPSA) is 95.7 Å². The van der Waals surface area contributed by atoms with Gasteiger partial charge in [-0.15, -0.1) is 0 Å². The summed E-state index contributed by atoms with van der Waals surface area (Å²) < 4.78 is 16.0. The number of benzene rings is 2. The monoisotopic (exact) mass is 399 g/mol. The molecule has 0 fully saturated rings. The number of nitrogens with one attached hydrogen (secondary N) is 1. The second-order valence-corrected chi connectivity index (χ2v) is 6.09. The first-order valence-electron chi connectivity index (χ1n) is 8.22. The summed E-state index contributed by atoms with van der Waals surface area (Å²) in [6.45, 7) is 0. The van der Waals surface area contributed by atoms with E-state index in [0.717, 1.165) is 5.75 Å². The van der Waals surface area contributed by atoms with Crippen LogP contribution in [0.5, 0.6) is 23.1 Å². The van der Waals surface area contributed by atoms with Gasteiger partial charge in [-0.2, -0.15) is 0 Å². The molecule has 3 aromatic rings. The largest absolute Gasteiger partial charge is 0.497 e. The van der Waals surface area contributed by atoms with E-state index in [-0.39, 0.29) is 5.56 Å². The Balaban J connectivity index is 1.86. The highest BCUT2D eigenvalue weighted by molar-refractivity contribution is 6.33. The van der Waals surface area contributed by atoms with E-state index >= 15 is 0 Å². The highest BCUT2D eigenvalue weighted by Gasteiger charge is 2.13. The third kappa shape index (κ3) is 4.44. The average molecular weight is 400 g/mol. The number of primary amides is 1. The zero-order valence-corrected chi connectivity index (χ0v) is 16.0. The Morgan fingerprint density at radius 3 is 2.25 bits per heavy atom. The molecule has 0 unspecified atom stereocenters. The first-order chi connectivity index (χ1) is 13.5. The summed E-state index contributed by atoms with van der Waals surface area (Å²) in [4.78, 5) is 15.9. The molecule has 0 bridgehead atoms. The number of methoxy groups -OCH3 is 2. The quantitative estimate of drug-likeness (QED) is 0.611. The summed E-state index contributed by atoms with van der Waals surface area (Å²) in [5, 5.41) is 3.44. The Morgan fingerprint density at radius 2 is 1.61 bits per heavy atom. The van der Waals surface area contributed by atoms with Crippen LogP contribution in [0.4, 0.5) is 11.4 Å². The molecular weight excluding hydrogens is 382 g/mol. The molecule has 3 rings (SSSR count). The molecule has 1 aromatic heterocycles. The van der Waals surface area contributed by atoms with Crippen LogP contribution in [0.25, 0.3) is 0 Å². The van der Waals surface area contributed by atoms with Gasteiger partial charge in [0.05, 0.1) is 42.4 Å². The predicted octanol–water partition coefficient (Wildman–Crippen LogP) is 4.39. The van der Waals surface area contributed by atoms with E-state index in [4.69, 9.17) is 31.5 Å². The Hall–Kier alpha value is -3.45. The number of amides is 1. The van der Waals surface area contributed by atoms with Gasteiger partial charge in [0.1, 0.15) is 17.2 Å². The van der Waals surface area contributed by atoms with Crippen LogP contribution >= 0.6 is 11.6 Å². The minimum atomic E-state index is -0.596. The normalized spacial score (nSPS) is 10.2. The second-order valence-electron chi connectivity index (χ2n) is 5.68. The summed E-state index contributed by atoms with van der Waals surface area (Å²) >= 11 is 6.24. The third-order valence-electron chi connectivity index (χ3n) is 3.87. The van der Waals surface area contributed by atoms with Gasteiger partial charge in [0.2, 0.25) is 5.88 Å². The summed E-state index contributed by atoms with van der Waals surface area (Å²) in [6, 6.07) is 13.6. The van der Waals surface area contributed by atoms with Crippen molar-refractivity contribution in [1.29, 1.82) is 0 Å². The molecule has 0 saturated carbocycles. The molecule has 3 N–H and O–H groups in total. The number of pyridine rings is 1. The van der Waals surface area contributed by atoms with E-state index in [1.165, 1.54) is 13.3 Å². The van der Waals surface area contributed by atoms with Crippen LogP contribution in [0.2, 0.25) is 5.02 Å². The maximum absolute atomic E-state index is 11.8. The van der Waals surface area contributed by atoms with Gasteiger partial charge in [-0.05, 0) is 42.5 Å². The Bertz CT molecular complexity index is 993. The van der Waals surface area contributed by atoms with Gasteiger partial charge < -0.3 is 25.3 Å². The molecule has 0 spiro atoms. The summed E-state index contributed by atoms with van der Waals surface area (Å²) in [5.41, 5.74) is 6.73. The minimum absolute atomic E-state index is 0.268. The van der Waals surface area contributed by atoms with Crippen LogP contribution in [0.15, 0.2) is 54.7 Å². The lowest BCUT2D eigenvalue weighted by Gasteiger charge is -2.14. The molecular formula is C20H18ClN3O4. The number of nitrogens with zero attached hydrogens (tertiary/aromatic N) is 1. The number of rotatable bonds is 7. The third-order valence-corrected chi connectivity index (χ3v) is 4.17. The van der Waals surface area contributed by atoms with Crippen molar-refractivity contribution in [3.05, 3.63) is 65.3 Å². The van der Waals surface area contributed by atoms with Crippen LogP contribution in [0, 0.1) is 0 Å². The van der Waals surface area contributed by atoms with E-state index in [2.05, 4.69) is 10.3 Å². The van der Waals surface area contributed by atoms with Gasteiger partial charge in [-0.3, -0.25) is 4.79 Å². The van der Waals surface area contributed by atoms with Crippen molar-refractivity contribution in [2.75, 3.05) is 19.5 Å². The number of hydrogen-bond donors (Lipinski definition) is 2. The van der Waals surface area contributed by atoms with Crippen LogP contribution < -0.4 is 25.3 Å². The molecule has 28 heavy (non-hydrogen) atoms. The smallest absolute Gasteiger partial charge is 0.250 e. The molecule has 1 amide bonds. The van der Waals surface area contributed by atoms with E-state index < -0.39 is 5.91 Å². The standard InChI is InChI=1S/C20H18ClN3O4/c1-26-12-3-5-13(6-4-12)28-19-10-18(16(21)11-23-19)24-17-8-7-14(27-2)9-15(17)20(22)25/h3-11H,1-2H3,(H2,22,25)(H,23,24). The molecule has 0 aliphatic heterocycles. The maximum Gasteiger partial charge on any atom is 0.250 e. The molecule has 0 radical (unpaired) electrons. The zero-order chi connectivity index (χ0) is 20.1. The molecule has 0 aliphatic rings. The molecule has 1 heterocycles. The van der Waals surface area contributed by atoms with Crippen LogP contribution in [-0.2, 0) is 0 Å². The number of nitrogens with two attached hydrogens (primary N) is 1. The number of hydrogen-bond acceptors (Lipinski definition) is 6. The highest BCUT2D eigenvalue weighted by atomic mass is 35.5. The van der Waals surface area contributed by atoms with Crippen LogP contribution in [0.3, 0.4) is 0 Å². The highest BCUT2D eigenvalue weighted by Crippen LogP contribution is 2.32. The zero-order valence-electron chi connectivity index (χ0n) is 15.2. The summed E-state index contributed by atoms with van der Waals surface area (Å²) in [7, 11) is 3.10. The number of carbonyl (C=O) groups excluding carboxylic acids is 1. The van der Waals surface area contributed by atoms with Gasteiger partial charge in [0, 0.05) is 6.07 Å². The van der Waals surface area contributed by atoms with Crippen molar-refractivity contribution in [2.24, 2.45) is 5.73 Å². The Kier molecular flexibility index (Phi) is 5.86. The van der Waals surface area contributed by atoms with Crippen LogP contribution in [-0.4, -0.2) is 25.1 Å². The number of aromatic nitrogens is 1. The fourth-order valence-electron chi connectivity index (χ4n) is 2.44. The fraction of sp³-hybridized carbons (Fsp3) is 0.100. The molecule has 0 aliphatic carbocycles. The molecule has 144 valence electrons. The van der Waals surface area contributed by atoms with E-state index in [0.29, 0.717) is 33.8 Å². The Morgan fingerprint density at radius 1 is 0.964 bits per heavy atom. The molecule has 8 heteroatoms. The first kappa shape index (κ1) is 19.3. The molecule has 2 aromatic carbocycles. The summed E-state index contributed by atoms with van der Waals surface area (Å²) in [5.74, 6) is 1.55. The maximum atomic E-state index is 11.8. The van der Waals surface area contributed by atoms with Crippen molar-refractivity contribution < 1.29 is 19.0 Å².